The Kier molecular flexibility index (Phi) is 2.75. The lowest BCUT2D eigenvalue weighted by Gasteiger charge is -2.40. The summed E-state index contributed by atoms with van der Waals surface area (Å²) < 4.78 is 27.2. The molecule has 0 aromatic carbocycles. The van der Waals surface area contributed by atoms with Gasteiger partial charge in [0.15, 0.2) is 9.84 Å². The van der Waals surface area contributed by atoms with Crippen LogP contribution in [0.5, 0.6) is 0 Å². The third-order valence-corrected chi connectivity index (χ3v) is 3.95. The number of rotatable bonds is 4. The van der Waals surface area contributed by atoms with Crippen LogP contribution in [0.2, 0.25) is 0 Å². The third kappa shape index (κ3) is 1.97. The Morgan fingerprint density at radius 1 is 1.50 bits per heavy atom. The van der Waals surface area contributed by atoms with E-state index in [2.05, 4.69) is 0 Å². The molecule has 4 nitrogen and oxygen atoms in total. The van der Waals surface area contributed by atoms with Crippen LogP contribution in [0.4, 0.5) is 0 Å². The highest BCUT2D eigenvalue weighted by Crippen LogP contribution is 2.30. The lowest BCUT2D eigenvalue weighted by atomic mass is 10.0. The van der Waals surface area contributed by atoms with E-state index >= 15 is 0 Å². The minimum Gasteiger partial charge on any atom is -0.373 e. The summed E-state index contributed by atoms with van der Waals surface area (Å²) in [5, 5.41) is 0. The first-order valence-corrected chi connectivity index (χ1v) is 5.90. The summed E-state index contributed by atoms with van der Waals surface area (Å²) in [6.45, 7) is 2.90. The van der Waals surface area contributed by atoms with E-state index in [1.165, 1.54) is 0 Å². The largest absolute Gasteiger partial charge is 0.373 e. The summed E-state index contributed by atoms with van der Waals surface area (Å²) in [4.78, 5) is 0. The SMILES string of the molecule is CCOC1(CCN)CS(=O)(=O)C1. The minimum absolute atomic E-state index is 0.144. The second-order valence-electron chi connectivity index (χ2n) is 3.19. The maximum Gasteiger partial charge on any atom is 0.156 e. The quantitative estimate of drug-likeness (QED) is 0.656. The molecule has 2 N–H and O–H groups in total. The van der Waals surface area contributed by atoms with Gasteiger partial charge in [-0.3, -0.25) is 0 Å². The molecule has 0 amide bonds. The summed E-state index contributed by atoms with van der Waals surface area (Å²) >= 11 is 0. The molecule has 72 valence electrons. The van der Waals surface area contributed by atoms with Gasteiger partial charge in [-0.2, -0.15) is 0 Å². The lowest BCUT2D eigenvalue weighted by Crippen LogP contribution is -2.57. The molecule has 1 heterocycles. The molecule has 0 bridgehead atoms. The summed E-state index contributed by atoms with van der Waals surface area (Å²) in [6.07, 6.45) is 0.639. The van der Waals surface area contributed by atoms with Crippen LogP contribution in [0.25, 0.3) is 0 Å². The van der Waals surface area contributed by atoms with E-state index < -0.39 is 15.4 Å². The molecule has 1 saturated heterocycles. The molecular weight excluding hydrogens is 178 g/mol. The first-order valence-electron chi connectivity index (χ1n) is 4.08. The van der Waals surface area contributed by atoms with Gasteiger partial charge in [0.05, 0.1) is 17.1 Å². The Bertz CT molecular complexity index is 227. The third-order valence-electron chi connectivity index (χ3n) is 2.02. The van der Waals surface area contributed by atoms with Crippen LogP contribution in [0, 0.1) is 0 Å². The fourth-order valence-corrected chi connectivity index (χ4v) is 3.60. The summed E-state index contributed by atoms with van der Waals surface area (Å²) in [5.41, 5.74) is 4.91. The van der Waals surface area contributed by atoms with Gasteiger partial charge in [0.2, 0.25) is 0 Å². The van der Waals surface area contributed by atoms with Crippen molar-refractivity contribution in [2.24, 2.45) is 5.73 Å². The maximum atomic E-state index is 10.9. The van der Waals surface area contributed by atoms with E-state index in [1.54, 1.807) is 0 Å². The molecule has 0 aromatic heterocycles. The molecule has 0 spiro atoms. The number of hydrogen-bond acceptors (Lipinski definition) is 4. The molecule has 0 aromatic rings. The van der Waals surface area contributed by atoms with Crippen molar-refractivity contribution in [2.45, 2.75) is 18.9 Å². The average Bonchev–Trinajstić information content (AvgIpc) is 1.83. The minimum atomic E-state index is -2.81. The van der Waals surface area contributed by atoms with Gasteiger partial charge in [-0.05, 0) is 19.9 Å². The van der Waals surface area contributed by atoms with Crippen LogP contribution < -0.4 is 5.73 Å². The van der Waals surface area contributed by atoms with Crippen LogP contribution >= 0.6 is 0 Å². The van der Waals surface area contributed by atoms with Crippen molar-refractivity contribution >= 4 is 9.84 Å². The fraction of sp³-hybridized carbons (Fsp3) is 1.00. The van der Waals surface area contributed by atoms with Gasteiger partial charge in [0.1, 0.15) is 0 Å². The van der Waals surface area contributed by atoms with Gasteiger partial charge in [-0.1, -0.05) is 0 Å². The molecule has 0 aliphatic carbocycles. The van der Waals surface area contributed by atoms with Crippen LogP contribution in [0.1, 0.15) is 13.3 Å². The lowest BCUT2D eigenvalue weighted by molar-refractivity contribution is -0.0199. The monoisotopic (exact) mass is 193 g/mol. The molecule has 12 heavy (non-hydrogen) atoms. The summed E-state index contributed by atoms with van der Waals surface area (Å²) in [5.74, 6) is 0.288. The van der Waals surface area contributed by atoms with Gasteiger partial charge < -0.3 is 10.5 Å². The highest BCUT2D eigenvalue weighted by atomic mass is 32.2. The Balaban J connectivity index is 2.55. The molecule has 1 fully saturated rings. The second-order valence-corrected chi connectivity index (χ2v) is 5.25. The van der Waals surface area contributed by atoms with Gasteiger partial charge >= 0.3 is 0 Å². The molecule has 0 radical (unpaired) electrons. The average molecular weight is 193 g/mol. The van der Waals surface area contributed by atoms with E-state index in [1.807, 2.05) is 6.92 Å². The van der Waals surface area contributed by atoms with Crippen molar-refractivity contribution in [3.8, 4) is 0 Å². The molecule has 5 heteroatoms. The molecule has 0 atom stereocenters. The normalized spacial score (nSPS) is 24.8. The maximum absolute atomic E-state index is 10.9. The number of sulfone groups is 1. The van der Waals surface area contributed by atoms with E-state index in [-0.39, 0.29) is 11.5 Å². The van der Waals surface area contributed by atoms with Crippen molar-refractivity contribution in [3.05, 3.63) is 0 Å². The Hall–Kier alpha value is -0.130. The number of ether oxygens (including phenoxy) is 1. The van der Waals surface area contributed by atoms with E-state index in [4.69, 9.17) is 10.5 Å². The van der Waals surface area contributed by atoms with Gasteiger partial charge in [-0.25, -0.2) is 8.42 Å². The van der Waals surface area contributed by atoms with Crippen molar-refractivity contribution < 1.29 is 13.2 Å². The first-order chi connectivity index (χ1) is 5.54. The zero-order chi connectivity index (χ0) is 9.24. The molecular formula is C7H15NO3S. The van der Waals surface area contributed by atoms with Crippen LogP contribution in [0.15, 0.2) is 0 Å². The van der Waals surface area contributed by atoms with Crippen molar-refractivity contribution in [2.75, 3.05) is 24.7 Å². The summed E-state index contributed by atoms with van der Waals surface area (Å²) in [7, 11) is -2.81. The fourth-order valence-electron chi connectivity index (χ4n) is 1.63. The zero-order valence-electron chi connectivity index (χ0n) is 7.25. The van der Waals surface area contributed by atoms with Crippen LogP contribution in [-0.4, -0.2) is 38.7 Å². The van der Waals surface area contributed by atoms with Gasteiger partial charge in [0.25, 0.3) is 0 Å². The van der Waals surface area contributed by atoms with Gasteiger partial charge in [-0.15, -0.1) is 0 Å². The molecule has 1 aliphatic heterocycles. The number of hydrogen-bond donors (Lipinski definition) is 1. The van der Waals surface area contributed by atoms with Crippen LogP contribution in [0.3, 0.4) is 0 Å². The van der Waals surface area contributed by atoms with Crippen LogP contribution in [-0.2, 0) is 14.6 Å². The highest BCUT2D eigenvalue weighted by molar-refractivity contribution is 7.93. The second kappa shape index (κ2) is 3.32. The van der Waals surface area contributed by atoms with Gasteiger partial charge in [0, 0.05) is 6.61 Å². The zero-order valence-corrected chi connectivity index (χ0v) is 8.06. The molecule has 1 aliphatic rings. The Morgan fingerprint density at radius 3 is 2.42 bits per heavy atom. The smallest absolute Gasteiger partial charge is 0.156 e. The van der Waals surface area contributed by atoms with E-state index in [0.29, 0.717) is 19.6 Å². The van der Waals surface area contributed by atoms with Crippen molar-refractivity contribution in [1.82, 2.24) is 0 Å². The molecule has 0 unspecified atom stereocenters. The number of nitrogens with two attached hydrogens (primary N) is 1. The van der Waals surface area contributed by atoms with E-state index in [0.717, 1.165) is 0 Å². The highest BCUT2D eigenvalue weighted by Gasteiger charge is 2.48. The molecule has 0 saturated carbocycles. The topological polar surface area (TPSA) is 69.4 Å². The van der Waals surface area contributed by atoms with Crippen molar-refractivity contribution in [3.63, 3.8) is 0 Å². The summed E-state index contributed by atoms with van der Waals surface area (Å²) in [6, 6.07) is 0. The predicted molar refractivity (Wildman–Crippen MR) is 46.7 cm³/mol. The standard InChI is InChI=1S/C7H15NO3S/c1-2-11-7(3-4-8)5-12(9,10)6-7/h2-6,8H2,1H3. The Labute approximate surface area is 73.0 Å². The predicted octanol–water partition coefficient (Wildman–Crippen LogP) is -0.461. The van der Waals surface area contributed by atoms with Crippen molar-refractivity contribution in [1.29, 1.82) is 0 Å². The van der Waals surface area contributed by atoms with E-state index in [9.17, 15) is 8.42 Å². The Morgan fingerprint density at radius 2 is 2.08 bits per heavy atom. The molecule has 1 rings (SSSR count). The first kappa shape index (κ1) is 9.95.